The Morgan fingerprint density at radius 1 is 1.43 bits per heavy atom. The van der Waals surface area contributed by atoms with Crippen LogP contribution in [-0.2, 0) is 11.2 Å². The maximum Gasteiger partial charge on any atom is 0.226 e. The molecule has 1 amide bonds. The third-order valence-corrected chi connectivity index (χ3v) is 5.09. The number of thiophene rings is 1. The minimum absolute atomic E-state index is 0.0211. The molecule has 0 spiro atoms. The largest absolute Gasteiger partial charge is 0.346 e. The van der Waals surface area contributed by atoms with Crippen molar-refractivity contribution < 1.29 is 4.79 Å². The molecule has 4 rings (SSSR count). The quantitative estimate of drug-likeness (QED) is 0.690. The first-order chi connectivity index (χ1) is 11.2. The number of nitrogens with one attached hydrogen (secondary N) is 3. The van der Waals surface area contributed by atoms with Gasteiger partial charge in [-0.1, -0.05) is 13.0 Å². The van der Waals surface area contributed by atoms with Gasteiger partial charge in [0.25, 0.3) is 0 Å². The van der Waals surface area contributed by atoms with E-state index in [-0.39, 0.29) is 11.8 Å². The molecule has 0 radical (unpaired) electrons. The van der Waals surface area contributed by atoms with E-state index >= 15 is 0 Å². The number of fused-ring (bicyclic) bond motifs is 1. The van der Waals surface area contributed by atoms with E-state index in [9.17, 15) is 4.79 Å². The average molecular weight is 327 g/mol. The van der Waals surface area contributed by atoms with Crippen LogP contribution in [0.25, 0.3) is 10.6 Å². The van der Waals surface area contributed by atoms with E-state index < -0.39 is 0 Å². The van der Waals surface area contributed by atoms with Crippen LogP contribution < -0.4 is 5.32 Å². The minimum Gasteiger partial charge on any atom is -0.346 e. The van der Waals surface area contributed by atoms with Crippen LogP contribution in [0.15, 0.2) is 17.5 Å². The third kappa shape index (κ3) is 2.28. The molecule has 118 valence electrons. The van der Waals surface area contributed by atoms with Crippen LogP contribution in [0.5, 0.6) is 0 Å². The summed E-state index contributed by atoms with van der Waals surface area (Å²) in [6.07, 6.45) is 1.23. The van der Waals surface area contributed by atoms with Crippen molar-refractivity contribution in [2.24, 2.45) is 0 Å². The molecule has 0 aromatic carbocycles. The second-order valence-electron chi connectivity index (χ2n) is 5.69. The zero-order valence-electron chi connectivity index (χ0n) is 12.9. The second-order valence-corrected chi connectivity index (χ2v) is 6.64. The Bertz CT molecular complexity index is 861. The highest BCUT2D eigenvalue weighted by atomic mass is 32.1. The maximum atomic E-state index is 12.1. The minimum atomic E-state index is -0.0776. The van der Waals surface area contributed by atoms with E-state index in [1.165, 1.54) is 0 Å². The number of imidazole rings is 1. The summed E-state index contributed by atoms with van der Waals surface area (Å²) in [6, 6.07) is 4.07. The maximum absolute atomic E-state index is 12.1. The van der Waals surface area contributed by atoms with E-state index in [2.05, 4.69) is 33.5 Å². The average Bonchev–Trinajstić information content (AvgIpc) is 3.24. The van der Waals surface area contributed by atoms with E-state index in [4.69, 9.17) is 4.98 Å². The molecule has 4 heterocycles. The second kappa shape index (κ2) is 5.34. The Morgan fingerprint density at radius 3 is 3.00 bits per heavy atom. The highest BCUT2D eigenvalue weighted by Crippen LogP contribution is 2.42. The molecule has 3 N–H and O–H groups in total. The Hall–Kier alpha value is -2.41. The SMILES string of the molecule is CCc1nc([C@H]2CC(=O)Nc3n[nH]c(-c4cccs4)c32)c(C)[nH]1. The zero-order valence-corrected chi connectivity index (χ0v) is 13.8. The zero-order chi connectivity index (χ0) is 16.0. The highest BCUT2D eigenvalue weighted by Gasteiger charge is 2.34. The number of aryl methyl sites for hydroxylation is 2. The van der Waals surface area contributed by atoms with Crippen molar-refractivity contribution in [1.82, 2.24) is 20.2 Å². The Balaban J connectivity index is 1.88. The van der Waals surface area contributed by atoms with Gasteiger partial charge in [-0.25, -0.2) is 4.98 Å². The molecule has 0 bridgehead atoms. The third-order valence-electron chi connectivity index (χ3n) is 4.20. The summed E-state index contributed by atoms with van der Waals surface area (Å²) >= 11 is 1.65. The molecule has 0 saturated heterocycles. The monoisotopic (exact) mass is 327 g/mol. The van der Waals surface area contributed by atoms with Gasteiger partial charge in [0, 0.05) is 30.0 Å². The van der Waals surface area contributed by atoms with Crippen molar-refractivity contribution in [2.45, 2.75) is 32.6 Å². The lowest BCUT2D eigenvalue weighted by Gasteiger charge is -2.22. The molecular weight excluding hydrogens is 310 g/mol. The van der Waals surface area contributed by atoms with E-state index in [1.807, 2.05) is 18.4 Å². The lowest BCUT2D eigenvalue weighted by atomic mass is 9.88. The van der Waals surface area contributed by atoms with Gasteiger partial charge in [0.1, 0.15) is 5.82 Å². The van der Waals surface area contributed by atoms with Crippen molar-refractivity contribution in [3.8, 4) is 10.6 Å². The van der Waals surface area contributed by atoms with Crippen LogP contribution in [0.1, 0.15) is 42.0 Å². The fourth-order valence-corrected chi connectivity index (χ4v) is 3.88. The highest BCUT2D eigenvalue weighted by molar-refractivity contribution is 7.13. The first-order valence-corrected chi connectivity index (χ1v) is 8.52. The number of nitrogens with zero attached hydrogens (tertiary/aromatic N) is 2. The summed E-state index contributed by atoms with van der Waals surface area (Å²) < 4.78 is 0. The molecule has 1 atom stereocenters. The van der Waals surface area contributed by atoms with E-state index in [0.29, 0.717) is 12.2 Å². The van der Waals surface area contributed by atoms with Gasteiger partial charge in [-0.3, -0.25) is 9.89 Å². The molecule has 3 aromatic rings. The van der Waals surface area contributed by atoms with Crippen LogP contribution in [0.3, 0.4) is 0 Å². The number of amides is 1. The number of aromatic amines is 2. The van der Waals surface area contributed by atoms with E-state index in [1.54, 1.807) is 11.3 Å². The Morgan fingerprint density at radius 2 is 2.30 bits per heavy atom. The normalized spacial score (nSPS) is 17.1. The standard InChI is InChI=1S/C16H17N5OS/c1-3-11-17-8(2)14(18-11)9-7-12(22)19-16-13(9)15(20-21-16)10-5-4-6-23-10/h4-6,9H,3,7H2,1-2H3,(H,17,18)(H2,19,20,21,22)/t9-/m0/s1. The number of anilines is 1. The van der Waals surface area contributed by atoms with Gasteiger partial charge < -0.3 is 10.3 Å². The summed E-state index contributed by atoms with van der Waals surface area (Å²) in [5, 5.41) is 12.3. The smallest absolute Gasteiger partial charge is 0.226 e. The number of rotatable bonds is 3. The predicted molar refractivity (Wildman–Crippen MR) is 89.7 cm³/mol. The van der Waals surface area contributed by atoms with Crippen LogP contribution in [-0.4, -0.2) is 26.1 Å². The van der Waals surface area contributed by atoms with Gasteiger partial charge in [-0.15, -0.1) is 11.3 Å². The van der Waals surface area contributed by atoms with Gasteiger partial charge in [0.05, 0.1) is 16.3 Å². The van der Waals surface area contributed by atoms with Crippen LogP contribution >= 0.6 is 11.3 Å². The van der Waals surface area contributed by atoms with Crippen molar-refractivity contribution in [3.63, 3.8) is 0 Å². The lowest BCUT2D eigenvalue weighted by Crippen LogP contribution is -2.24. The summed E-state index contributed by atoms with van der Waals surface area (Å²) in [7, 11) is 0. The molecule has 0 fully saturated rings. The van der Waals surface area contributed by atoms with Crippen molar-refractivity contribution in [1.29, 1.82) is 0 Å². The number of carbonyl (C=O) groups is 1. The van der Waals surface area contributed by atoms with Gasteiger partial charge >= 0.3 is 0 Å². The molecule has 3 aromatic heterocycles. The summed E-state index contributed by atoms with van der Waals surface area (Å²) in [5.74, 6) is 1.47. The van der Waals surface area contributed by atoms with Gasteiger partial charge in [-0.05, 0) is 18.4 Å². The topological polar surface area (TPSA) is 86.5 Å². The van der Waals surface area contributed by atoms with Crippen molar-refractivity contribution in [2.75, 3.05) is 5.32 Å². The Labute approximate surface area is 137 Å². The first kappa shape index (κ1) is 14.2. The van der Waals surface area contributed by atoms with Crippen molar-refractivity contribution in [3.05, 3.63) is 40.3 Å². The molecule has 0 saturated carbocycles. The van der Waals surface area contributed by atoms with Crippen LogP contribution in [0, 0.1) is 6.92 Å². The van der Waals surface area contributed by atoms with Crippen LogP contribution in [0.2, 0.25) is 0 Å². The molecule has 23 heavy (non-hydrogen) atoms. The molecule has 1 aliphatic rings. The fourth-order valence-electron chi connectivity index (χ4n) is 3.14. The summed E-state index contributed by atoms with van der Waals surface area (Å²) in [5.41, 5.74) is 3.97. The lowest BCUT2D eigenvalue weighted by molar-refractivity contribution is -0.116. The first-order valence-electron chi connectivity index (χ1n) is 7.64. The number of hydrogen-bond acceptors (Lipinski definition) is 4. The molecule has 0 aliphatic carbocycles. The molecule has 6 nitrogen and oxygen atoms in total. The van der Waals surface area contributed by atoms with Gasteiger partial charge in [-0.2, -0.15) is 5.10 Å². The Kier molecular flexibility index (Phi) is 3.30. The number of carbonyl (C=O) groups excluding carboxylic acids is 1. The molecule has 7 heteroatoms. The van der Waals surface area contributed by atoms with Crippen molar-refractivity contribution >= 4 is 23.1 Å². The number of hydrogen-bond donors (Lipinski definition) is 3. The number of H-pyrrole nitrogens is 2. The molecular formula is C16H17N5OS. The van der Waals surface area contributed by atoms with Gasteiger partial charge in [0.2, 0.25) is 5.91 Å². The summed E-state index contributed by atoms with van der Waals surface area (Å²) in [6.45, 7) is 4.08. The predicted octanol–water partition coefficient (Wildman–Crippen LogP) is 3.21. The van der Waals surface area contributed by atoms with E-state index in [0.717, 1.165) is 39.8 Å². The fraction of sp³-hybridized carbons (Fsp3) is 0.312. The van der Waals surface area contributed by atoms with Gasteiger partial charge in [0.15, 0.2) is 5.82 Å². The number of aromatic nitrogens is 4. The molecule has 1 aliphatic heterocycles. The summed E-state index contributed by atoms with van der Waals surface area (Å²) in [4.78, 5) is 21.2. The molecule has 0 unspecified atom stereocenters. The van der Waals surface area contributed by atoms with Crippen LogP contribution in [0.4, 0.5) is 5.82 Å².